The first-order valence-corrected chi connectivity index (χ1v) is 31.7. The second kappa shape index (κ2) is 22.2. The molecule has 0 atom stereocenters. The fraction of sp³-hybridized carbons (Fsp3) is 0. The number of hydrogen-bond acceptors (Lipinski definition) is 3. The van der Waals surface area contributed by atoms with E-state index in [9.17, 15) is 0 Å². The first-order chi connectivity index (χ1) is 46.2. The first kappa shape index (κ1) is 53.5. The third-order valence-corrected chi connectivity index (χ3v) is 18.5. The van der Waals surface area contributed by atoms with Crippen LogP contribution in [0.5, 0.6) is 0 Å². The summed E-state index contributed by atoms with van der Waals surface area (Å²) in [5.41, 5.74) is 23.2. The van der Waals surface area contributed by atoms with Crippen molar-refractivity contribution in [1.29, 1.82) is 0 Å². The van der Waals surface area contributed by atoms with Crippen LogP contribution in [0.4, 0.5) is 0 Å². The standard InChI is InChI=1S/C87H56N6/c1-7-29-57(30-8-1)63-43-23-49-69-70-50-24-44-64(58-31-9-2-10-32-58)80(70)91(79(63)69)77-55-21-19-41-75(77)85-88-86(90-87(89-85)93-83-67(61-37-15-5-16-38-61)47-27-53-73(83)74-54-28-48-68(84(74)93)62-39-17-6-18-40-62)76-42-20-22-56-78(76)92-81-65(59-33-11-3-12-34-59)45-25-51-71(81)72-52-26-46-66(82(72)92)60-35-13-4-14-36-60/h1-56H. The van der Waals surface area contributed by atoms with Gasteiger partial charge in [0, 0.05) is 76.8 Å². The van der Waals surface area contributed by atoms with Crippen molar-refractivity contribution in [3.63, 3.8) is 0 Å². The number of nitrogens with zero attached hydrogens (tertiary/aromatic N) is 6. The van der Waals surface area contributed by atoms with Gasteiger partial charge in [-0.05, 0) is 57.6 Å². The molecule has 4 heterocycles. The summed E-state index contributed by atoms with van der Waals surface area (Å²) >= 11 is 0. The van der Waals surface area contributed by atoms with Gasteiger partial charge in [0.05, 0.1) is 44.5 Å². The van der Waals surface area contributed by atoms with E-state index in [1.54, 1.807) is 0 Å². The van der Waals surface area contributed by atoms with Gasteiger partial charge in [0.2, 0.25) is 5.95 Å². The maximum atomic E-state index is 5.95. The molecule has 0 radical (unpaired) electrons. The number of hydrogen-bond donors (Lipinski definition) is 0. The van der Waals surface area contributed by atoms with E-state index in [-0.39, 0.29) is 0 Å². The molecule has 0 saturated heterocycles. The normalized spacial score (nSPS) is 11.7. The van der Waals surface area contributed by atoms with Crippen LogP contribution in [0.15, 0.2) is 340 Å². The summed E-state index contributed by atoms with van der Waals surface area (Å²) in [6, 6.07) is 122. The summed E-state index contributed by atoms with van der Waals surface area (Å²) in [5, 5.41) is 6.77. The van der Waals surface area contributed by atoms with E-state index < -0.39 is 0 Å². The van der Waals surface area contributed by atoms with Gasteiger partial charge in [-0.15, -0.1) is 0 Å². The topological polar surface area (TPSA) is 53.5 Å². The molecule has 0 spiro atoms. The molecule has 0 aliphatic rings. The first-order valence-electron chi connectivity index (χ1n) is 31.7. The predicted octanol–water partition coefficient (Wildman–Crippen LogP) is 22.5. The van der Waals surface area contributed by atoms with Crippen molar-refractivity contribution in [2.75, 3.05) is 0 Å². The molecule has 0 N–H and O–H groups in total. The third kappa shape index (κ3) is 8.76. The Morgan fingerprint density at radius 2 is 0.366 bits per heavy atom. The number of rotatable bonds is 11. The van der Waals surface area contributed by atoms with E-state index in [4.69, 9.17) is 15.0 Å². The summed E-state index contributed by atoms with van der Waals surface area (Å²) in [4.78, 5) is 17.8. The number of fused-ring (bicyclic) bond motifs is 9. The maximum Gasteiger partial charge on any atom is 0.238 e. The highest BCUT2D eigenvalue weighted by Gasteiger charge is 2.28. The SMILES string of the molecule is c1ccc(-c2cccc3c4cccc(-c5ccccc5)c4n(-c4nc(-c5ccccc5-n5c6c(-c7ccccc7)cccc6c6cccc(-c7ccccc7)c65)nc(-c5ccccc5-n5c6c(-c7ccccc7)cccc6c6cccc(-c7ccccc7)c65)n4)c23)cc1. The number of para-hydroxylation sites is 8. The summed E-state index contributed by atoms with van der Waals surface area (Å²) in [6.07, 6.45) is 0. The van der Waals surface area contributed by atoms with Gasteiger partial charge in [0.25, 0.3) is 0 Å². The average Bonchev–Trinajstić information content (AvgIpc) is 1.60. The molecule has 18 rings (SSSR count). The van der Waals surface area contributed by atoms with Crippen LogP contribution < -0.4 is 0 Å². The van der Waals surface area contributed by atoms with Crippen LogP contribution in [0.3, 0.4) is 0 Å². The maximum absolute atomic E-state index is 5.95. The van der Waals surface area contributed by atoms with E-state index in [0.29, 0.717) is 17.6 Å². The Kier molecular flexibility index (Phi) is 12.8. The van der Waals surface area contributed by atoms with Crippen molar-refractivity contribution >= 4 is 65.4 Å². The van der Waals surface area contributed by atoms with Crippen molar-refractivity contribution in [3.8, 4) is 107 Å². The van der Waals surface area contributed by atoms with Gasteiger partial charge >= 0.3 is 0 Å². The molecule has 0 aliphatic carbocycles. The van der Waals surface area contributed by atoms with Crippen molar-refractivity contribution < 1.29 is 0 Å². The highest BCUT2D eigenvalue weighted by molar-refractivity contribution is 6.20. The molecule has 0 amide bonds. The van der Waals surface area contributed by atoms with Crippen LogP contribution in [0.2, 0.25) is 0 Å². The Morgan fingerprint density at radius 3 is 0.613 bits per heavy atom. The Balaban J connectivity index is 0.999. The van der Waals surface area contributed by atoms with Gasteiger partial charge in [0.1, 0.15) is 0 Å². The molecule has 6 heteroatoms. The van der Waals surface area contributed by atoms with Crippen molar-refractivity contribution in [2.24, 2.45) is 0 Å². The molecule has 0 saturated carbocycles. The Morgan fingerprint density at radius 1 is 0.161 bits per heavy atom. The molecule has 4 aromatic heterocycles. The Labute approximate surface area is 537 Å². The molecule has 0 fully saturated rings. The van der Waals surface area contributed by atoms with Crippen LogP contribution >= 0.6 is 0 Å². The van der Waals surface area contributed by atoms with Crippen LogP contribution in [-0.2, 0) is 0 Å². The Bertz CT molecular complexity index is 5340. The molecular weight excluding hydrogens is 1130 g/mol. The fourth-order valence-electron chi connectivity index (χ4n) is 14.6. The van der Waals surface area contributed by atoms with E-state index in [0.717, 1.165) is 155 Å². The highest BCUT2D eigenvalue weighted by Crippen LogP contribution is 2.48. The monoisotopic (exact) mass is 1180 g/mol. The molecule has 434 valence electrons. The summed E-state index contributed by atoms with van der Waals surface area (Å²) in [7, 11) is 0. The van der Waals surface area contributed by atoms with Gasteiger partial charge in [-0.3, -0.25) is 4.57 Å². The van der Waals surface area contributed by atoms with E-state index in [1.807, 2.05) is 0 Å². The van der Waals surface area contributed by atoms with Crippen LogP contribution in [0.25, 0.3) is 172 Å². The lowest BCUT2D eigenvalue weighted by atomic mass is 10.0. The van der Waals surface area contributed by atoms with Crippen LogP contribution in [0, 0.1) is 0 Å². The molecule has 14 aromatic carbocycles. The van der Waals surface area contributed by atoms with Crippen LogP contribution in [-0.4, -0.2) is 28.7 Å². The number of aromatic nitrogens is 6. The second-order valence-electron chi connectivity index (χ2n) is 23.7. The van der Waals surface area contributed by atoms with E-state index >= 15 is 0 Å². The lowest BCUT2D eigenvalue weighted by Gasteiger charge is -2.19. The minimum atomic E-state index is 0.487. The minimum Gasteiger partial charge on any atom is -0.307 e. The van der Waals surface area contributed by atoms with Crippen molar-refractivity contribution in [3.05, 3.63) is 340 Å². The number of benzene rings is 14. The largest absolute Gasteiger partial charge is 0.307 e. The lowest BCUT2D eigenvalue weighted by molar-refractivity contribution is 0.950. The molecule has 0 unspecified atom stereocenters. The molecule has 0 aliphatic heterocycles. The van der Waals surface area contributed by atoms with Crippen molar-refractivity contribution in [1.82, 2.24) is 28.7 Å². The fourth-order valence-corrected chi connectivity index (χ4v) is 14.6. The average molecular weight is 1190 g/mol. The van der Waals surface area contributed by atoms with Crippen LogP contribution in [0.1, 0.15) is 0 Å². The van der Waals surface area contributed by atoms with Crippen molar-refractivity contribution in [2.45, 2.75) is 0 Å². The third-order valence-electron chi connectivity index (χ3n) is 18.5. The molecular formula is C87H56N6. The lowest BCUT2D eigenvalue weighted by Crippen LogP contribution is -2.10. The minimum absolute atomic E-state index is 0.487. The molecule has 93 heavy (non-hydrogen) atoms. The zero-order valence-corrected chi connectivity index (χ0v) is 50.5. The summed E-state index contributed by atoms with van der Waals surface area (Å²) in [6.45, 7) is 0. The van der Waals surface area contributed by atoms with Gasteiger partial charge in [-0.25, -0.2) is 4.98 Å². The zero-order valence-electron chi connectivity index (χ0n) is 50.5. The molecule has 0 bridgehead atoms. The second-order valence-corrected chi connectivity index (χ2v) is 23.7. The van der Waals surface area contributed by atoms with Gasteiger partial charge in [0.15, 0.2) is 11.6 Å². The highest BCUT2D eigenvalue weighted by atomic mass is 15.2. The van der Waals surface area contributed by atoms with E-state index in [1.165, 1.54) is 0 Å². The summed E-state index contributed by atoms with van der Waals surface area (Å²) < 4.78 is 7.30. The zero-order chi connectivity index (χ0) is 61.3. The van der Waals surface area contributed by atoms with Gasteiger partial charge < -0.3 is 9.13 Å². The smallest absolute Gasteiger partial charge is 0.238 e. The quantitative estimate of drug-likeness (QED) is 0.130. The van der Waals surface area contributed by atoms with E-state index in [2.05, 4.69) is 353 Å². The predicted molar refractivity (Wildman–Crippen MR) is 386 cm³/mol. The van der Waals surface area contributed by atoms with Gasteiger partial charge in [-0.2, -0.15) is 9.97 Å². The molecule has 18 aromatic rings. The van der Waals surface area contributed by atoms with Gasteiger partial charge in [-0.1, -0.05) is 315 Å². The Hall–Kier alpha value is -12.5. The summed E-state index contributed by atoms with van der Waals surface area (Å²) in [5.74, 6) is 1.53. The molecule has 6 nitrogen and oxygen atoms in total.